The minimum absolute atomic E-state index is 0.0271. The summed E-state index contributed by atoms with van der Waals surface area (Å²) in [5.41, 5.74) is 3.43. The van der Waals surface area contributed by atoms with E-state index in [0.29, 0.717) is 11.1 Å². The van der Waals surface area contributed by atoms with Crippen LogP contribution in [0.1, 0.15) is 22.5 Å². The quantitative estimate of drug-likeness (QED) is 0.121. The van der Waals surface area contributed by atoms with Crippen molar-refractivity contribution in [3.63, 3.8) is 0 Å². The van der Waals surface area contributed by atoms with Gasteiger partial charge in [-0.15, -0.1) is 11.3 Å². The number of alkyl halides is 6. The second kappa shape index (κ2) is 15.9. The summed E-state index contributed by atoms with van der Waals surface area (Å²) in [6, 6.07) is 24.5. The van der Waals surface area contributed by atoms with Gasteiger partial charge in [0.05, 0.1) is 33.5 Å². The first-order valence-corrected chi connectivity index (χ1v) is 19.8. The lowest BCUT2D eigenvalue weighted by Crippen LogP contribution is -2.13. The fourth-order valence-corrected chi connectivity index (χ4v) is 8.70. The van der Waals surface area contributed by atoms with Crippen LogP contribution in [0.25, 0.3) is 31.9 Å². The molecule has 0 unspecified atom stereocenters. The number of pyridine rings is 2. The number of aromatic nitrogens is 2. The molecule has 308 valence electrons. The first-order valence-electron chi connectivity index (χ1n) is 17.4. The monoisotopic (exact) mass is 868 g/mol. The minimum atomic E-state index is -4.61. The standard InChI is InChI=1S/C25H16F4N2O3S2.C17H12F4N2O/c1-14-11-21(16-6-4-7-18(24(16)30-14)25(27,28)29)34-15-9-10-20(19(26)12-15)31-36(32,33)23-13-35-22-8-3-2-5-17(22)23;1-9-7-15(24-10-5-6-14(22)13(18)8-10)11-3-2-4-12(16(11)23-9)17(19,20)21/h2-13,31H,1H3;2-8H,22H2,1H3. The zero-order valence-electron chi connectivity index (χ0n) is 30.9. The Morgan fingerprint density at radius 3 is 1.65 bits per heavy atom. The predicted molar refractivity (Wildman–Crippen MR) is 213 cm³/mol. The van der Waals surface area contributed by atoms with Gasteiger partial charge in [-0.1, -0.05) is 30.3 Å². The van der Waals surface area contributed by atoms with Gasteiger partial charge in [-0.25, -0.2) is 17.2 Å². The second-order valence-electron chi connectivity index (χ2n) is 13.2. The molecule has 3 aromatic heterocycles. The van der Waals surface area contributed by atoms with Crippen molar-refractivity contribution in [3.05, 3.63) is 149 Å². The third kappa shape index (κ3) is 8.74. The summed E-state index contributed by atoms with van der Waals surface area (Å²) >= 11 is 1.26. The van der Waals surface area contributed by atoms with E-state index in [1.54, 1.807) is 31.2 Å². The number of benzene rings is 5. The van der Waals surface area contributed by atoms with Gasteiger partial charge in [0.15, 0.2) is 5.82 Å². The Morgan fingerprint density at radius 1 is 0.633 bits per heavy atom. The highest BCUT2D eigenvalue weighted by Crippen LogP contribution is 2.40. The maximum absolute atomic E-state index is 14.9. The molecular formula is C42H28F8N4O4S2. The summed E-state index contributed by atoms with van der Waals surface area (Å²) in [5.74, 6) is -1.26. The van der Waals surface area contributed by atoms with E-state index < -0.39 is 45.1 Å². The Bertz CT molecular complexity index is 3050. The van der Waals surface area contributed by atoms with Crippen molar-refractivity contribution in [2.45, 2.75) is 31.1 Å². The summed E-state index contributed by atoms with van der Waals surface area (Å²) in [6.07, 6.45) is -9.15. The molecule has 3 N–H and O–H groups in total. The van der Waals surface area contributed by atoms with Crippen LogP contribution in [-0.2, 0) is 22.4 Å². The maximum Gasteiger partial charge on any atom is 0.418 e. The average Bonchev–Trinajstić information content (AvgIpc) is 3.62. The molecule has 8 rings (SSSR count). The summed E-state index contributed by atoms with van der Waals surface area (Å²) < 4.78 is 148. The Labute approximate surface area is 339 Å². The zero-order chi connectivity index (χ0) is 43.1. The van der Waals surface area contributed by atoms with Crippen molar-refractivity contribution in [3.8, 4) is 23.0 Å². The van der Waals surface area contributed by atoms with Crippen LogP contribution in [0.4, 0.5) is 46.5 Å². The van der Waals surface area contributed by atoms with Crippen LogP contribution in [0.2, 0.25) is 0 Å². The molecule has 8 nitrogen and oxygen atoms in total. The highest BCUT2D eigenvalue weighted by Gasteiger charge is 2.35. The average molecular weight is 869 g/mol. The Hall–Kier alpha value is -6.53. The molecule has 0 aliphatic heterocycles. The number of ether oxygens (including phenoxy) is 2. The Morgan fingerprint density at radius 2 is 1.13 bits per heavy atom. The van der Waals surface area contributed by atoms with Gasteiger partial charge >= 0.3 is 12.4 Å². The molecule has 5 aromatic carbocycles. The largest absolute Gasteiger partial charge is 0.456 e. The van der Waals surface area contributed by atoms with Crippen LogP contribution < -0.4 is 19.9 Å². The van der Waals surface area contributed by atoms with Crippen molar-refractivity contribution in [1.82, 2.24) is 9.97 Å². The van der Waals surface area contributed by atoms with E-state index in [2.05, 4.69) is 14.7 Å². The van der Waals surface area contributed by atoms with E-state index in [-0.39, 0.29) is 66.8 Å². The number of nitrogens with zero attached hydrogens (tertiary/aromatic N) is 2. The van der Waals surface area contributed by atoms with E-state index >= 15 is 0 Å². The molecule has 0 amide bonds. The van der Waals surface area contributed by atoms with Crippen molar-refractivity contribution in [2.75, 3.05) is 10.5 Å². The van der Waals surface area contributed by atoms with Gasteiger partial charge in [0, 0.05) is 61.9 Å². The third-order valence-corrected chi connectivity index (χ3v) is 11.3. The molecule has 0 spiro atoms. The Balaban J connectivity index is 0.000000197. The molecular weight excluding hydrogens is 841 g/mol. The smallest absolute Gasteiger partial charge is 0.418 e. The van der Waals surface area contributed by atoms with Crippen LogP contribution in [0.3, 0.4) is 0 Å². The minimum Gasteiger partial charge on any atom is -0.456 e. The number of para-hydroxylation sites is 2. The number of fused-ring (bicyclic) bond motifs is 3. The zero-order valence-corrected chi connectivity index (χ0v) is 32.5. The van der Waals surface area contributed by atoms with Gasteiger partial charge in [0.25, 0.3) is 10.0 Å². The molecule has 8 aromatic rings. The first-order chi connectivity index (χ1) is 28.3. The topological polar surface area (TPSA) is 116 Å². The number of halogens is 8. The van der Waals surface area contributed by atoms with Gasteiger partial charge in [-0.05, 0) is 68.4 Å². The van der Waals surface area contributed by atoms with Gasteiger partial charge in [-0.3, -0.25) is 14.7 Å². The third-order valence-electron chi connectivity index (χ3n) is 8.82. The van der Waals surface area contributed by atoms with Gasteiger partial charge < -0.3 is 15.2 Å². The Kier molecular flexibility index (Phi) is 11.0. The van der Waals surface area contributed by atoms with Crippen LogP contribution in [0, 0.1) is 25.5 Å². The lowest BCUT2D eigenvalue weighted by molar-refractivity contribution is -0.137. The molecule has 0 saturated carbocycles. The van der Waals surface area contributed by atoms with Gasteiger partial charge in [0.2, 0.25) is 0 Å². The van der Waals surface area contributed by atoms with E-state index in [1.807, 2.05) is 0 Å². The number of anilines is 2. The van der Waals surface area contributed by atoms with Crippen molar-refractivity contribution in [1.29, 1.82) is 0 Å². The van der Waals surface area contributed by atoms with Gasteiger partial charge in [-0.2, -0.15) is 26.3 Å². The number of sulfonamides is 1. The molecule has 60 heavy (non-hydrogen) atoms. The maximum atomic E-state index is 14.9. The van der Waals surface area contributed by atoms with Crippen LogP contribution in [0.5, 0.6) is 23.0 Å². The fourth-order valence-electron chi connectivity index (χ4n) is 6.13. The normalized spacial score (nSPS) is 12.0. The van der Waals surface area contributed by atoms with Crippen LogP contribution >= 0.6 is 11.3 Å². The van der Waals surface area contributed by atoms with E-state index in [9.17, 15) is 43.5 Å². The van der Waals surface area contributed by atoms with E-state index in [4.69, 9.17) is 15.2 Å². The first kappa shape index (κ1) is 41.6. The molecule has 0 saturated heterocycles. The summed E-state index contributed by atoms with van der Waals surface area (Å²) in [7, 11) is -4.08. The fraction of sp³-hybridized carbons (Fsp3) is 0.0952. The molecule has 0 fully saturated rings. The summed E-state index contributed by atoms with van der Waals surface area (Å²) in [4.78, 5) is 8.02. The van der Waals surface area contributed by atoms with Gasteiger partial charge in [0.1, 0.15) is 33.7 Å². The molecule has 3 heterocycles. The van der Waals surface area contributed by atoms with Crippen molar-refractivity contribution in [2.24, 2.45) is 0 Å². The summed E-state index contributed by atoms with van der Waals surface area (Å²) in [6.45, 7) is 3.08. The SMILES string of the molecule is Cc1cc(Oc2ccc(N)c(F)c2)c2cccc(C(F)(F)F)c2n1.Cc1cc(Oc2ccc(NS(=O)(=O)c3csc4ccccc34)c(F)c2)c2cccc(C(F)(F)F)c2n1. The lowest BCUT2D eigenvalue weighted by Gasteiger charge is -2.14. The second-order valence-corrected chi connectivity index (χ2v) is 15.7. The molecule has 0 aliphatic rings. The number of nitrogen functional groups attached to an aromatic ring is 1. The highest BCUT2D eigenvalue weighted by molar-refractivity contribution is 7.93. The van der Waals surface area contributed by atoms with E-state index in [0.717, 1.165) is 29.0 Å². The number of hydrogen-bond acceptors (Lipinski definition) is 8. The van der Waals surface area contributed by atoms with Crippen molar-refractivity contribution >= 4 is 64.6 Å². The van der Waals surface area contributed by atoms with Crippen molar-refractivity contribution < 1.29 is 53.0 Å². The number of hydrogen-bond donors (Lipinski definition) is 2. The number of nitrogens with one attached hydrogen (secondary N) is 1. The van der Waals surface area contributed by atoms with E-state index in [1.165, 1.54) is 84.3 Å². The lowest BCUT2D eigenvalue weighted by atomic mass is 10.1. The predicted octanol–water partition coefficient (Wildman–Crippen LogP) is 12.6. The highest BCUT2D eigenvalue weighted by atomic mass is 32.2. The molecule has 0 atom stereocenters. The molecule has 18 heteroatoms. The summed E-state index contributed by atoms with van der Waals surface area (Å²) in [5, 5.41) is 2.29. The molecule has 0 aliphatic carbocycles. The molecule has 0 radical (unpaired) electrons. The number of aryl methyl sites for hydroxylation is 2. The van der Waals surface area contributed by atoms with Crippen LogP contribution in [0.15, 0.2) is 119 Å². The van der Waals surface area contributed by atoms with Crippen LogP contribution in [-0.4, -0.2) is 18.4 Å². The number of thiophene rings is 1. The number of nitrogens with two attached hydrogens (primary N) is 1. The molecule has 0 bridgehead atoms. The number of rotatable bonds is 7.